The molecule has 43 heavy (non-hydrogen) atoms. The molecule has 0 aromatic heterocycles. The third-order valence-electron chi connectivity index (χ3n) is 6.20. The van der Waals surface area contributed by atoms with E-state index < -0.39 is 49.3 Å². The molecule has 226 valence electrons. The summed E-state index contributed by atoms with van der Waals surface area (Å²) < 4.78 is 21.9. The summed E-state index contributed by atoms with van der Waals surface area (Å²) in [7, 11) is 0. The number of aliphatic hydroxyl groups excluding tert-OH is 2. The van der Waals surface area contributed by atoms with Crippen molar-refractivity contribution < 1.29 is 64.3 Å². The van der Waals surface area contributed by atoms with Crippen LogP contribution in [0, 0.1) is 0 Å². The minimum atomic E-state index is -1.79. The van der Waals surface area contributed by atoms with E-state index in [4.69, 9.17) is 18.9 Å². The first-order valence-electron chi connectivity index (χ1n) is 12.7. The van der Waals surface area contributed by atoms with E-state index in [1.165, 1.54) is 66.7 Å². The number of aliphatic hydroxyl groups is 2. The van der Waals surface area contributed by atoms with Crippen molar-refractivity contribution in [3.05, 3.63) is 83.9 Å². The van der Waals surface area contributed by atoms with Gasteiger partial charge in [0.15, 0.2) is 6.10 Å². The fourth-order valence-electron chi connectivity index (χ4n) is 3.97. The van der Waals surface area contributed by atoms with Gasteiger partial charge in [-0.25, -0.2) is 9.59 Å². The Hall–Kier alpha value is -5.24. The van der Waals surface area contributed by atoms with Gasteiger partial charge in [0.05, 0.1) is 0 Å². The number of esters is 2. The number of ether oxygens (including phenoxy) is 4. The van der Waals surface area contributed by atoms with Gasteiger partial charge in [-0.3, -0.25) is 0 Å². The summed E-state index contributed by atoms with van der Waals surface area (Å²) in [5.41, 5.74) is 0.242. The van der Waals surface area contributed by atoms with Crippen LogP contribution >= 0.6 is 0 Å². The van der Waals surface area contributed by atoms with E-state index in [2.05, 4.69) is 0 Å². The molecule has 0 bridgehead atoms. The van der Waals surface area contributed by atoms with Crippen molar-refractivity contribution in [3.8, 4) is 34.5 Å². The van der Waals surface area contributed by atoms with Crippen molar-refractivity contribution in [1.29, 1.82) is 0 Å². The van der Waals surface area contributed by atoms with E-state index in [9.17, 15) is 45.3 Å². The number of carbonyl (C=O) groups excluding carboxylic acids is 2. The average molecular weight is 597 g/mol. The number of rotatable bonds is 9. The summed E-state index contributed by atoms with van der Waals surface area (Å²) in [5.74, 6) is -2.57. The smallest absolute Gasteiger partial charge is 0.331 e. The van der Waals surface area contributed by atoms with Crippen molar-refractivity contribution in [3.63, 3.8) is 0 Å². The Morgan fingerprint density at radius 2 is 1.26 bits per heavy atom. The molecule has 0 saturated carbocycles. The molecule has 5 atom stereocenters. The Morgan fingerprint density at radius 1 is 0.721 bits per heavy atom. The lowest BCUT2D eigenvalue weighted by molar-refractivity contribution is -0.281. The lowest BCUT2D eigenvalue weighted by atomic mass is 9.99. The van der Waals surface area contributed by atoms with Gasteiger partial charge in [0, 0.05) is 23.3 Å². The molecule has 0 aliphatic carbocycles. The average Bonchev–Trinajstić information content (AvgIpc) is 2.98. The van der Waals surface area contributed by atoms with E-state index in [1.54, 1.807) is 0 Å². The Balaban J connectivity index is 1.46. The van der Waals surface area contributed by atoms with Crippen LogP contribution in [0.5, 0.6) is 34.5 Å². The number of benzene rings is 3. The molecule has 7 N–H and O–H groups in total. The number of aromatic hydroxyl groups is 5. The van der Waals surface area contributed by atoms with E-state index in [0.29, 0.717) is 0 Å². The predicted octanol–water partition coefficient (Wildman–Crippen LogP) is 1.92. The first-order chi connectivity index (χ1) is 20.5. The number of carbonyl (C=O) groups is 2. The zero-order valence-electron chi connectivity index (χ0n) is 22.3. The summed E-state index contributed by atoms with van der Waals surface area (Å²) in [4.78, 5) is 24.9. The minimum absolute atomic E-state index is 0.0624. The van der Waals surface area contributed by atoms with Gasteiger partial charge in [-0.05, 0) is 72.8 Å². The van der Waals surface area contributed by atoms with Crippen LogP contribution in [0.2, 0.25) is 0 Å². The monoisotopic (exact) mass is 596 g/mol. The van der Waals surface area contributed by atoms with Crippen molar-refractivity contribution in [2.45, 2.75) is 30.7 Å². The standard InChI is InChI=1S/C30H28O13/c31-18-3-7-21(8-4-18)41-30-29(43-26(37)12-2-17-14-20(33)6-10-23(17)35)28(39)27(38)24(42-30)15-40-25(36)11-1-16-13-19(32)5-9-22(16)34/h1-14,24,27-35,38-39H,15H2/b11-1+,12-2+/t24-,27-,28+,29-,30-/m1/s1. The molecule has 3 aromatic rings. The van der Waals surface area contributed by atoms with Crippen LogP contribution < -0.4 is 4.74 Å². The molecule has 1 heterocycles. The van der Waals surface area contributed by atoms with E-state index in [1.807, 2.05) is 0 Å². The van der Waals surface area contributed by atoms with Gasteiger partial charge in [0.1, 0.15) is 59.4 Å². The second-order valence-electron chi connectivity index (χ2n) is 9.32. The molecule has 0 amide bonds. The molecule has 3 aromatic carbocycles. The Bertz CT molecular complexity index is 1500. The molecule has 1 fully saturated rings. The van der Waals surface area contributed by atoms with Gasteiger partial charge in [0.2, 0.25) is 6.29 Å². The number of phenolic OH excluding ortho intramolecular Hbond substituents is 5. The Labute approximate surface area is 244 Å². The van der Waals surface area contributed by atoms with Crippen molar-refractivity contribution >= 4 is 24.1 Å². The third kappa shape index (κ3) is 8.16. The number of phenols is 5. The zero-order valence-corrected chi connectivity index (χ0v) is 22.3. The summed E-state index contributed by atoms with van der Waals surface area (Å²) in [6.07, 6.45) is -3.75. The summed E-state index contributed by atoms with van der Waals surface area (Å²) >= 11 is 0. The minimum Gasteiger partial charge on any atom is -0.508 e. The molecule has 13 nitrogen and oxygen atoms in total. The van der Waals surface area contributed by atoms with Crippen LogP contribution in [-0.4, -0.2) is 85.0 Å². The normalized spacial score (nSPS) is 22.0. The molecular weight excluding hydrogens is 568 g/mol. The molecule has 0 radical (unpaired) electrons. The fourth-order valence-corrected chi connectivity index (χ4v) is 3.97. The third-order valence-corrected chi connectivity index (χ3v) is 6.20. The maximum atomic E-state index is 12.6. The van der Waals surface area contributed by atoms with E-state index in [0.717, 1.165) is 18.2 Å². The second-order valence-corrected chi connectivity index (χ2v) is 9.32. The summed E-state index contributed by atoms with van der Waals surface area (Å²) in [6.45, 7) is -0.569. The highest BCUT2D eigenvalue weighted by atomic mass is 16.7. The maximum absolute atomic E-state index is 12.6. The zero-order chi connectivity index (χ0) is 31.1. The quantitative estimate of drug-likeness (QED) is 0.107. The van der Waals surface area contributed by atoms with E-state index in [-0.39, 0.29) is 45.6 Å². The lowest BCUT2D eigenvalue weighted by Gasteiger charge is -2.41. The molecule has 1 aliphatic heterocycles. The van der Waals surface area contributed by atoms with Crippen LogP contribution in [0.1, 0.15) is 11.1 Å². The summed E-state index contributed by atoms with van der Waals surface area (Å²) in [5, 5.41) is 70.0. The highest BCUT2D eigenvalue weighted by molar-refractivity contribution is 5.88. The molecule has 0 spiro atoms. The highest BCUT2D eigenvalue weighted by Gasteiger charge is 2.48. The van der Waals surface area contributed by atoms with Crippen LogP contribution in [0.4, 0.5) is 0 Å². The van der Waals surface area contributed by atoms with Gasteiger partial charge in [-0.15, -0.1) is 0 Å². The highest BCUT2D eigenvalue weighted by Crippen LogP contribution is 2.29. The molecule has 1 saturated heterocycles. The van der Waals surface area contributed by atoms with Gasteiger partial charge < -0.3 is 54.7 Å². The fraction of sp³-hybridized carbons (Fsp3) is 0.200. The summed E-state index contributed by atoms with van der Waals surface area (Å²) in [6, 6.07) is 12.7. The second kappa shape index (κ2) is 13.6. The van der Waals surface area contributed by atoms with Gasteiger partial charge in [0.25, 0.3) is 0 Å². The molecule has 1 aliphatic rings. The molecule has 0 unspecified atom stereocenters. The molecule has 4 rings (SSSR count). The Kier molecular flexibility index (Phi) is 9.72. The molecule has 13 heteroatoms. The van der Waals surface area contributed by atoms with Gasteiger partial charge in [-0.1, -0.05) is 0 Å². The SMILES string of the molecule is O=C(/C=C/c1cc(O)ccc1O)OC[C@H]1O[C@@H](Oc2ccc(O)cc2)[C@H](OC(=O)/C=C/c2cc(O)ccc2O)[C@@H](O)[C@@H]1O. The van der Waals surface area contributed by atoms with Gasteiger partial charge >= 0.3 is 11.9 Å². The first kappa shape index (κ1) is 30.7. The predicted molar refractivity (Wildman–Crippen MR) is 148 cm³/mol. The maximum Gasteiger partial charge on any atom is 0.331 e. The first-order valence-corrected chi connectivity index (χ1v) is 12.7. The van der Waals surface area contributed by atoms with Crippen LogP contribution in [0.3, 0.4) is 0 Å². The number of hydrogen-bond acceptors (Lipinski definition) is 13. The van der Waals surface area contributed by atoms with Gasteiger partial charge in [-0.2, -0.15) is 0 Å². The van der Waals surface area contributed by atoms with Crippen LogP contribution in [0.25, 0.3) is 12.2 Å². The lowest BCUT2D eigenvalue weighted by Crippen LogP contribution is -2.61. The Morgan fingerprint density at radius 3 is 1.84 bits per heavy atom. The number of hydrogen-bond donors (Lipinski definition) is 7. The van der Waals surface area contributed by atoms with Crippen molar-refractivity contribution in [1.82, 2.24) is 0 Å². The largest absolute Gasteiger partial charge is 0.508 e. The van der Waals surface area contributed by atoms with Crippen molar-refractivity contribution in [2.75, 3.05) is 6.61 Å². The van der Waals surface area contributed by atoms with Crippen LogP contribution in [0.15, 0.2) is 72.8 Å². The topological polar surface area (TPSA) is 213 Å². The van der Waals surface area contributed by atoms with Crippen molar-refractivity contribution in [2.24, 2.45) is 0 Å². The van der Waals surface area contributed by atoms with E-state index >= 15 is 0 Å². The molecular formula is C30H28O13. The van der Waals surface area contributed by atoms with Crippen LogP contribution in [-0.2, 0) is 23.8 Å².